The van der Waals surface area contributed by atoms with Crippen LogP contribution in [0, 0.1) is 0 Å². The highest BCUT2D eigenvalue weighted by Gasteiger charge is 2.31. The number of nitrogens with one attached hydrogen (secondary N) is 2. The number of carbonyl (C=O) groups excluding carboxylic acids is 2. The van der Waals surface area contributed by atoms with E-state index in [1.54, 1.807) is 14.2 Å². The average molecular weight is 477 g/mol. The second-order valence-electron chi connectivity index (χ2n) is 8.20. The van der Waals surface area contributed by atoms with E-state index in [1.807, 2.05) is 36.4 Å². The van der Waals surface area contributed by atoms with E-state index in [4.69, 9.17) is 9.47 Å². The fourth-order valence-corrected chi connectivity index (χ4v) is 4.92. The third-order valence-electron chi connectivity index (χ3n) is 5.95. The van der Waals surface area contributed by atoms with E-state index in [-0.39, 0.29) is 23.2 Å². The van der Waals surface area contributed by atoms with Gasteiger partial charge in [0.15, 0.2) is 0 Å². The number of amides is 2. The van der Waals surface area contributed by atoms with Crippen LogP contribution in [0.1, 0.15) is 41.3 Å². The molecule has 7 heteroatoms. The van der Waals surface area contributed by atoms with Crippen molar-refractivity contribution in [3.63, 3.8) is 0 Å². The van der Waals surface area contributed by atoms with Gasteiger partial charge < -0.3 is 9.47 Å². The molecule has 6 nitrogen and oxygen atoms in total. The molecule has 34 heavy (non-hydrogen) atoms. The molecule has 176 valence electrons. The van der Waals surface area contributed by atoms with Gasteiger partial charge in [0.2, 0.25) is 5.91 Å². The lowest BCUT2D eigenvalue weighted by Gasteiger charge is -2.25. The monoisotopic (exact) mass is 476 g/mol. The van der Waals surface area contributed by atoms with E-state index in [0.29, 0.717) is 6.42 Å². The Hall–Kier alpha value is -3.29. The normalized spacial score (nSPS) is 17.2. The van der Waals surface area contributed by atoms with Crippen LogP contribution >= 0.6 is 11.8 Å². The standard InChI is InChI=1S/C27H28N2O4S/c1-17(19-7-11-22(32-2)12-8-19)28-25(20-9-13-23(33-3)14-10-20)21-6-4-5-18(15-21)16-24-26(30)29-27(31)34-24/h4-15,17,24-25,28H,16H2,1-3H3,(H,29,30,31). The van der Waals surface area contributed by atoms with E-state index in [2.05, 4.69) is 54.0 Å². The van der Waals surface area contributed by atoms with Crippen molar-refractivity contribution in [1.29, 1.82) is 0 Å². The van der Waals surface area contributed by atoms with Gasteiger partial charge in [-0.25, -0.2) is 0 Å². The van der Waals surface area contributed by atoms with Crippen LogP contribution in [0.3, 0.4) is 0 Å². The summed E-state index contributed by atoms with van der Waals surface area (Å²) in [4.78, 5) is 23.6. The van der Waals surface area contributed by atoms with Crippen LogP contribution in [-0.4, -0.2) is 30.6 Å². The molecule has 1 heterocycles. The minimum absolute atomic E-state index is 0.0652. The zero-order chi connectivity index (χ0) is 24.1. The van der Waals surface area contributed by atoms with Gasteiger partial charge in [-0.2, -0.15) is 0 Å². The Balaban J connectivity index is 1.62. The van der Waals surface area contributed by atoms with Crippen LogP contribution in [0.4, 0.5) is 4.79 Å². The molecule has 0 bridgehead atoms. The van der Waals surface area contributed by atoms with Crippen LogP contribution in [0.5, 0.6) is 11.5 Å². The van der Waals surface area contributed by atoms with Crippen molar-refractivity contribution in [2.45, 2.75) is 30.7 Å². The van der Waals surface area contributed by atoms with E-state index >= 15 is 0 Å². The lowest BCUT2D eigenvalue weighted by atomic mass is 9.94. The van der Waals surface area contributed by atoms with Crippen LogP contribution in [-0.2, 0) is 11.2 Å². The van der Waals surface area contributed by atoms with E-state index in [0.717, 1.165) is 45.5 Å². The second kappa shape index (κ2) is 10.8. The summed E-state index contributed by atoms with van der Waals surface area (Å²) >= 11 is 1.05. The van der Waals surface area contributed by atoms with Crippen molar-refractivity contribution in [1.82, 2.24) is 10.6 Å². The van der Waals surface area contributed by atoms with Crippen LogP contribution in [0.15, 0.2) is 72.8 Å². The topological polar surface area (TPSA) is 76.7 Å². The second-order valence-corrected chi connectivity index (χ2v) is 9.38. The number of methoxy groups -OCH3 is 2. The van der Waals surface area contributed by atoms with E-state index in [1.165, 1.54) is 0 Å². The van der Waals surface area contributed by atoms with Crippen LogP contribution in [0.2, 0.25) is 0 Å². The van der Waals surface area contributed by atoms with Crippen molar-refractivity contribution < 1.29 is 19.1 Å². The van der Waals surface area contributed by atoms with Gasteiger partial charge in [0.05, 0.1) is 25.5 Å². The summed E-state index contributed by atoms with van der Waals surface area (Å²) < 4.78 is 10.6. The number of hydrogen-bond acceptors (Lipinski definition) is 6. The Morgan fingerprint density at radius 2 is 1.50 bits per heavy atom. The molecule has 0 aliphatic carbocycles. The smallest absolute Gasteiger partial charge is 0.286 e. The van der Waals surface area contributed by atoms with Gasteiger partial charge >= 0.3 is 0 Å². The first-order valence-corrected chi connectivity index (χ1v) is 12.0. The quantitative estimate of drug-likeness (QED) is 0.451. The van der Waals surface area contributed by atoms with Crippen LogP contribution in [0.25, 0.3) is 0 Å². The molecule has 1 aliphatic rings. The van der Waals surface area contributed by atoms with Gasteiger partial charge in [-0.1, -0.05) is 60.3 Å². The maximum atomic E-state index is 12.1. The van der Waals surface area contributed by atoms with E-state index < -0.39 is 5.25 Å². The summed E-state index contributed by atoms with van der Waals surface area (Å²) in [6, 6.07) is 24.2. The number of imide groups is 1. The number of ether oxygens (including phenoxy) is 2. The Labute approximate surface area is 204 Å². The molecular formula is C27H28N2O4S. The fourth-order valence-electron chi connectivity index (χ4n) is 4.06. The first kappa shape index (κ1) is 23.9. The van der Waals surface area contributed by atoms with Crippen molar-refractivity contribution in [2.75, 3.05) is 14.2 Å². The lowest BCUT2D eigenvalue weighted by Crippen LogP contribution is -2.26. The summed E-state index contributed by atoms with van der Waals surface area (Å²) in [6.45, 7) is 2.13. The molecule has 2 amide bonds. The van der Waals surface area contributed by atoms with Gasteiger partial charge in [-0.15, -0.1) is 0 Å². The fraction of sp³-hybridized carbons (Fsp3) is 0.259. The molecule has 3 unspecified atom stereocenters. The molecule has 3 atom stereocenters. The largest absolute Gasteiger partial charge is 0.497 e. The number of benzene rings is 3. The van der Waals surface area contributed by atoms with Gasteiger partial charge in [0.1, 0.15) is 11.5 Å². The van der Waals surface area contributed by atoms with Gasteiger partial charge in [-0.05, 0) is 59.9 Å². The van der Waals surface area contributed by atoms with Crippen molar-refractivity contribution >= 4 is 22.9 Å². The Morgan fingerprint density at radius 3 is 2.06 bits per heavy atom. The maximum absolute atomic E-state index is 12.1. The molecule has 0 saturated carbocycles. The minimum atomic E-state index is -0.395. The van der Waals surface area contributed by atoms with E-state index in [9.17, 15) is 9.59 Å². The molecule has 2 N–H and O–H groups in total. The molecule has 1 fully saturated rings. The third kappa shape index (κ3) is 5.61. The molecule has 1 aliphatic heterocycles. The van der Waals surface area contributed by atoms with Gasteiger partial charge in [0.25, 0.3) is 5.24 Å². The molecule has 3 aromatic carbocycles. The highest BCUT2D eigenvalue weighted by Crippen LogP contribution is 2.30. The van der Waals surface area contributed by atoms with Crippen molar-refractivity contribution in [3.05, 3.63) is 95.1 Å². The number of rotatable bonds is 9. The summed E-state index contributed by atoms with van der Waals surface area (Å²) in [5, 5.41) is 5.45. The summed E-state index contributed by atoms with van der Waals surface area (Å²) in [7, 11) is 3.31. The Bertz CT molecular complexity index is 1150. The molecule has 1 saturated heterocycles. The SMILES string of the molecule is COc1ccc(C(C)NC(c2ccc(OC)cc2)c2cccc(CC3SC(=O)NC3=O)c2)cc1. The van der Waals surface area contributed by atoms with Gasteiger partial charge in [-0.3, -0.25) is 20.2 Å². The average Bonchev–Trinajstić information content (AvgIpc) is 3.18. The predicted molar refractivity (Wildman–Crippen MR) is 134 cm³/mol. The summed E-state index contributed by atoms with van der Waals surface area (Å²) in [5.41, 5.74) is 4.34. The molecule has 3 aromatic rings. The number of carbonyl (C=O) groups is 2. The summed E-state index contributed by atoms with van der Waals surface area (Å²) in [6.07, 6.45) is 0.499. The number of thioether (sulfide) groups is 1. The predicted octanol–water partition coefficient (Wildman–Crippen LogP) is 5.04. The lowest BCUT2D eigenvalue weighted by molar-refractivity contribution is -0.118. The molecule has 4 rings (SSSR count). The Morgan fingerprint density at radius 1 is 0.882 bits per heavy atom. The molecule has 0 aromatic heterocycles. The maximum Gasteiger partial charge on any atom is 0.286 e. The van der Waals surface area contributed by atoms with Crippen molar-refractivity contribution in [2.24, 2.45) is 0 Å². The molecule has 0 spiro atoms. The highest BCUT2D eigenvalue weighted by molar-refractivity contribution is 8.15. The highest BCUT2D eigenvalue weighted by atomic mass is 32.2. The van der Waals surface area contributed by atoms with Crippen molar-refractivity contribution in [3.8, 4) is 11.5 Å². The Kier molecular flexibility index (Phi) is 7.55. The minimum Gasteiger partial charge on any atom is -0.497 e. The first-order valence-electron chi connectivity index (χ1n) is 11.1. The van der Waals surface area contributed by atoms with Gasteiger partial charge in [0, 0.05) is 6.04 Å². The van der Waals surface area contributed by atoms with Crippen LogP contribution < -0.4 is 20.1 Å². The zero-order valence-corrected chi connectivity index (χ0v) is 20.2. The molecule has 0 radical (unpaired) electrons. The third-order valence-corrected chi connectivity index (χ3v) is 6.94. The first-order chi connectivity index (χ1) is 16.5. The zero-order valence-electron chi connectivity index (χ0n) is 19.4. The summed E-state index contributed by atoms with van der Waals surface area (Å²) in [5.74, 6) is 1.40. The molecular weight excluding hydrogens is 448 g/mol. The number of hydrogen-bond donors (Lipinski definition) is 2.